The molecule has 2 atom stereocenters. The van der Waals surface area contributed by atoms with Crippen LogP contribution in [0.4, 0.5) is 0 Å². The molecule has 1 aliphatic carbocycles. The number of aliphatic hydroxyl groups excluding tert-OH is 1. The highest BCUT2D eigenvalue weighted by atomic mass is 16.3. The van der Waals surface area contributed by atoms with Crippen molar-refractivity contribution < 1.29 is 5.11 Å². The van der Waals surface area contributed by atoms with Gasteiger partial charge in [-0.05, 0) is 30.8 Å². The molecule has 0 bridgehead atoms. The number of allylic oxidation sites excluding steroid dienone is 5. The van der Waals surface area contributed by atoms with Crippen molar-refractivity contribution in [3.05, 3.63) is 36.0 Å². The van der Waals surface area contributed by atoms with Crippen LogP contribution in [0.2, 0.25) is 0 Å². The first-order valence-corrected chi connectivity index (χ1v) is 4.80. The minimum absolute atomic E-state index is 0.296. The van der Waals surface area contributed by atoms with Crippen molar-refractivity contribution in [1.82, 2.24) is 0 Å². The summed E-state index contributed by atoms with van der Waals surface area (Å²) in [5.41, 5.74) is 2.78. The van der Waals surface area contributed by atoms with Gasteiger partial charge in [0.2, 0.25) is 0 Å². The summed E-state index contributed by atoms with van der Waals surface area (Å²) in [6.07, 6.45) is 6.91. The normalized spacial score (nSPS) is 28.8. The highest BCUT2D eigenvalue weighted by Crippen LogP contribution is 2.36. The molecule has 0 radical (unpaired) electrons. The van der Waals surface area contributed by atoms with E-state index >= 15 is 0 Å². The Hall–Kier alpha value is -0.820. The predicted molar refractivity (Wildman–Crippen MR) is 56.4 cm³/mol. The molecule has 2 unspecified atom stereocenters. The monoisotopic (exact) mass is 178 g/mol. The Kier molecular flexibility index (Phi) is 3.49. The maximum absolute atomic E-state index is 9.13. The maximum atomic E-state index is 9.13. The molecule has 1 rings (SSSR count). The highest BCUT2D eigenvalue weighted by Gasteiger charge is 2.27. The quantitative estimate of drug-likeness (QED) is 0.659. The lowest BCUT2D eigenvalue weighted by atomic mass is 9.93. The molecule has 0 aromatic heterocycles. The lowest BCUT2D eigenvalue weighted by molar-refractivity contribution is 0.206. The largest absolute Gasteiger partial charge is 0.396 e. The van der Waals surface area contributed by atoms with Gasteiger partial charge in [-0.1, -0.05) is 37.3 Å². The first-order chi connectivity index (χ1) is 6.20. The minimum atomic E-state index is 0.296. The lowest BCUT2D eigenvalue weighted by Gasteiger charge is -2.13. The van der Waals surface area contributed by atoms with E-state index in [-0.39, 0.29) is 0 Å². The van der Waals surface area contributed by atoms with Crippen molar-refractivity contribution in [3.63, 3.8) is 0 Å². The molecule has 72 valence electrons. The summed E-state index contributed by atoms with van der Waals surface area (Å²) in [5, 5.41) is 9.13. The lowest BCUT2D eigenvalue weighted by Crippen LogP contribution is -2.10. The van der Waals surface area contributed by atoms with Gasteiger partial charge in [-0.15, -0.1) is 0 Å². The summed E-state index contributed by atoms with van der Waals surface area (Å²) >= 11 is 0. The van der Waals surface area contributed by atoms with Gasteiger partial charge in [0.25, 0.3) is 0 Å². The van der Waals surface area contributed by atoms with Crippen LogP contribution >= 0.6 is 0 Å². The minimum Gasteiger partial charge on any atom is -0.396 e. The second-order valence-corrected chi connectivity index (χ2v) is 3.77. The fourth-order valence-corrected chi connectivity index (χ4v) is 2.02. The number of aliphatic hydroxyl groups is 1. The third-order valence-electron chi connectivity index (χ3n) is 2.91. The van der Waals surface area contributed by atoms with Crippen LogP contribution in [0.3, 0.4) is 0 Å². The maximum Gasteiger partial charge on any atom is 0.0468 e. The van der Waals surface area contributed by atoms with Crippen molar-refractivity contribution in [2.24, 2.45) is 11.8 Å². The van der Waals surface area contributed by atoms with E-state index in [1.165, 1.54) is 11.1 Å². The molecular weight excluding hydrogens is 160 g/mol. The first-order valence-electron chi connectivity index (χ1n) is 4.80. The van der Waals surface area contributed by atoms with Crippen LogP contribution in [0, 0.1) is 11.8 Å². The van der Waals surface area contributed by atoms with Crippen molar-refractivity contribution in [2.75, 3.05) is 6.61 Å². The van der Waals surface area contributed by atoms with Gasteiger partial charge in [-0.2, -0.15) is 0 Å². The summed E-state index contributed by atoms with van der Waals surface area (Å²) in [4.78, 5) is 0. The molecule has 1 heteroatoms. The molecule has 0 saturated heterocycles. The van der Waals surface area contributed by atoms with Crippen molar-refractivity contribution in [3.8, 4) is 0 Å². The first kappa shape index (κ1) is 10.3. The van der Waals surface area contributed by atoms with Crippen LogP contribution in [0.25, 0.3) is 0 Å². The van der Waals surface area contributed by atoms with E-state index in [0.717, 1.165) is 6.42 Å². The molecule has 0 heterocycles. The van der Waals surface area contributed by atoms with E-state index < -0.39 is 0 Å². The van der Waals surface area contributed by atoms with Gasteiger partial charge >= 0.3 is 0 Å². The fourth-order valence-electron chi connectivity index (χ4n) is 2.02. The van der Waals surface area contributed by atoms with Gasteiger partial charge in [0.15, 0.2) is 0 Å². The predicted octanol–water partition coefficient (Wildman–Crippen LogP) is 2.69. The van der Waals surface area contributed by atoms with Gasteiger partial charge in [0, 0.05) is 6.61 Å². The van der Waals surface area contributed by atoms with Crippen LogP contribution in [0.5, 0.6) is 0 Å². The van der Waals surface area contributed by atoms with E-state index in [2.05, 4.69) is 26.5 Å². The Balaban J connectivity index is 2.77. The van der Waals surface area contributed by atoms with Gasteiger partial charge in [-0.25, -0.2) is 0 Å². The van der Waals surface area contributed by atoms with Crippen LogP contribution in [-0.2, 0) is 0 Å². The van der Waals surface area contributed by atoms with Crippen LogP contribution < -0.4 is 0 Å². The molecule has 1 aliphatic rings. The third kappa shape index (κ3) is 2.10. The molecule has 13 heavy (non-hydrogen) atoms. The Morgan fingerprint density at radius 1 is 1.62 bits per heavy atom. The van der Waals surface area contributed by atoms with E-state index in [1.54, 1.807) is 6.08 Å². The van der Waals surface area contributed by atoms with Gasteiger partial charge in [-0.3, -0.25) is 0 Å². The van der Waals surface area contributed by atoms with E-state index in [1.807, 2.05) is 6.08 Å². The van der Waals surface area contributed by atoms with Crippen molar-refractivity contribution in [1.29, 1.82) is 0 Å². The van der Waals surface area contributed by atoms with Crippen molar-refractivity contribution >= 4 is 0 Å². The van der Waals surface area contributed by atoms with Crippen LogP contribution in [0.1, 0.15) is 20.3 Å². The molecule has 0 aromatic carbocycles. The van der Waals surface area contributed by atoms with Crippen LogP contribution in [-0.4, -0.2) is 11.7 Å². The summed E-state index contributed by atoms with van der Waals surface area (Å²) in [6, 6.07) is 0. The molecule has 0 aromatic rings. The zero-order valence-electron chi connectivity index (χ0n) is 8.46. The average Bonchev–Trinajstić information content (AvgIpc) is 2.39. The highest BCUT2D eigenvalue weighted by molar-refractivity contribution is 5.33. The molecule has 0 saturated carbocycles. The Labute approximate surface area is 80.5 Å². The third-order valence-corrected chi connectivity index (χ3v) is 2.91. The summed E-state index contributed by atoms with van der Waals surface area (Å²) < 4.78 is 0. The van der Waals surface area contributed by atoms with E-state index in [0.29, 0.717) is 18.4 Å². The zero-order chi connectivity index (χ0) is 9.84. The molecule has 1 N–H and O–H groups in total. The Morgan fingerprint density at radius 2 is 2.31 bits per heavy atom. The number of hydrogen-bond acceptors (Lipinski definition) is 1. The smallest absolute Gasteiger partial charge is 0.0468 e. The van der Waals surface area contributed by atoms with Gasteiger partial charge in [0.05, 0.1) is 0 Å². The zero-order valence-corrected chi connectivity index (χ0v) is 8.46. The molecule has 0 aliphatic heterocycles. The second kappa shape index (κ2) is 4.43. The molecular formula is C12H18O. The summed E-state index contributed by atoms with van der Waals surface area (Å²) in [7, 11) is 0. The van der Waals surface area contributed by atoms with E-state index in [4.69, 9.17) is 5.11 Å². The number of hydrogen-bond donors (Lipinski definition) is 1. The molecule has 1 nitrogen and oxygen atoms in total. The fraction of sp³-hybridized carbons (Fsp3) is 0.500. The average molecular weight is 178 g/mol. The standard InChI is InChI=1S/C12H18O/c1-4-5-6-12-9(2)7-11(8-13)10(12)3/h4-6,10-11,13H,1,7-8H2,2-3H3/b6-5-. The summed E-state index contributed by atoms with van der Waals surface area (Å²) in [5.74, 6) is 0.908. The van der Waals surface area contributed by atoms with E-state index in [9.17, 15) is 0 Å². The SMILES string of the molecule is C=C/C=C\C1=C(C)CC(CO)C1C. The molecule has 0 spiro atoms. The van der Waals surface area contributed by atoms with Crippen molar-refractivity contribution in [2.45, 2.75) is 20.3 Å². The summed E-state index contributed by atoms with van der Waals surface area (Å²) in [6.45, 7) is 8.28. The Bertz CT molecular complexity index is 248. The molecule has 0 fully saturated rings. The van der Waals surface area contributed by atoms with Crippen LogP contribution in [0.15, 0.2) is 36.0 Å². The molecule has 0 amide bonds. The van der Waals surface area contributed by atoms with Gasteiger partial charge in [0.1, 0.15) is 0 Å². The number of rotatable bonds is 3. The second-order valence-electron chi connectivity index (χ2n) is 3.77. The van der Waals surface area contributed by atoms with Gasteiger partial charge < -0.3 is 5.11 Å². The Morgan fingerprint density at radius 3 is 2.77 bits per heavy atom. The topological polar surface area (TPSA) is 20.2 Å².